The number of rotatable bonds is 4. The van der Waals surface area contributed by atoms with Gasteiger partial charge in [0.15, 0.2) is 0 Å². The SMILES string of the molecule is Fc1cccc(C(F)(F)CNC2CC2)c1. The molecule has 1 nitrogen and oxygen atoms in total. The van der Waals surface area contributed by atoms with Gasteiger partial charge >= 0.3 is 0 Å². The van der Waals surface area contributed by atoms with Crippen molar-refractivity contribution in [1.82, 2.24) is 5.32 Å². The van der Waals surface area contributed by atoms with E-state index in [1.807, 2.05) is 0 Å². The molecule has 82 valence electrons. The lowest BCUT2D eigenvalue weighted by Crippen LogP contribution is -2.32. The molecule has 0 aliphatic heterocycles. The fourth-order valence-electron chi connectivity index (χ4n) is 1.38. The van der Waals surface area contributed by atoms with Crippen molar-refractivity contribution in [3.63, 3.8) is 0 Å². The van der Waals surface area contributed by atoms with Crippen molar-refractivity contribution in [2.24, 2.45) is 0 Å². The molecule has 0 spiro atoms. The molecule has 1 saturated carbocycles. The highest BCUT2D eigenvalue weighted by atomic mass is 19.3. The minimum atomic E-state index is -3.00. The molecule has 4 heteroatoms. The van der Waals surface area contributed by atoms with E-state index in [4.69, 9.17) is 0 Å². The van der Waals surface area contributed by atoms with Crippen LogP contribution in [-0.4, -0.2) is 12.6 Å². The van der Waals surface area contributed by atoms with Crippen LogP contribution in [-0.2, 0) is 5.92 Å². The van der Waals surface area contributed by atoms with Crippen molar-refractivity contribution < 1.29 is 13.2 Å². The Kier molecular flexibility index (Phi) is 2.69. The summed E-state index contributed by atoms with van der Waals surface area (Å²) in [7, 11) is 0. The highest BCUT2D eigenvalue weighted by molar-refractivity contribution is 5.21. The predicted octanol–water partition coefficient (Wildman–Crippen LogP) is 2.67. The minimum Gasteiger partial charge on any atom is -0.308 e. The van der Waals surface area contributed by atoms with Gasteiger partial charge in [-0.15, -0.1) is 0 Å². The van der Waals surface area contributed by atoms with E-state index in [2.05, 4.69) is 5.32 Å². The number of hydrogen-bond acceptors (Lipinski definition) is 1. The lowest BCUT2D eigenvalue weighted by molar-refractivity contribution is -0.00377. The van der Waals surface area contributed by atoms with Crippen LogP contribution >= 0.6 is 0 Å². The average molecular weight is 215 g/mol. The van der Waals surface area contributed by atoms with Gasteiger partial charge in [-0.1, -0.05) is 12.1 Å². The van der Waals surface area contributed by atoms with E-state index in [0.29, 0.717) is 0 Å². The van der Waals surface area contributed by atoms with Crippen molar-refractivity contribution in [2.75, 3.05) is 6.54 Å². The lowest BCUT2D eigenvalue weighted by atomic mass is 10.1. The Morgan fingerprint density at radius 2 is 2.07 bits per heavy atom. The van der Waals surface area contributed by atoms with Gasteiger partial charge in [0.05, 0.1) is 6.54 Å². The molecule has 1 aromatic rings. The molecule has 0 amide bonds. The van der Waals surface area contributed by atoms with Gasteiger partial charge in [0, 0.05) is 11.6 Å². The van der Waals surface area contributed by atoms with Gasteiger partial charge in [-0.2, -0.15) is 8.78 Å². The van der Waals surface area contributed by atoms with Gasteiger partial charge < -0.3 is 5.32 Å². The standard InChI is InChI=1S/C11H12F3N/c12-9-3-1-2-8(6-9)11(13,14)7-15-10-4-5-10/h1-3,6,10,15H,4-5,7H2. The molecule has 1 aliphatic rings. The van der Waals surface area contributed by atoms with Crippen LogP contribution in [0.5, 0.6) is 0 Å². The third kappa shape index (κ3) is 2.72. The largest absolute Gasteiger partial charge is 0.308 e. The highest BCUT2D eigenvalue weighted by Crippen LogP contribution is 2.29. The summed E-state index contributed by atoms with van der Waals surface area (Å²) in [6.07, 6.45) is 1.92. The quantitative estimate of drug-likeness (QED) is 0.814. The fraction of sp³-hybridized carbons (Fsp3) is 0.455. The maximum atomic E-state index is 13.5. The molecular weight excluding hydrogens is 203 g/mol. The highest BCUT2D eigenvalue weighted by Gasteiger charge is 2.34. The zero-order chi connectivity index (χ0) is 10.9. The molecule has 2 rings (SSSR count). The summed E-state index contributed by atoms with van der Waals surface area (Å²) >= 11 is 0. The molecule has 1 N–H and O–H groups in total. The van der Waals surface area contributed by atoms with Crippen molar-refractivity contribution in [3.8, 4) is 0 Å². The number of hydrogen-bond donors (Lipinski definition) is 1. The van der Waals surface area contributed by atoms with Gasteiger partial charge in [-0.3, -0.25) is 0 Å². The molecule has 0 heterocycles. The van der Waals surface area contributed by atoms with Crippen LogP contribution in [0.1, 0.15) is 18.4 Å². The predicted molar refractivity (Wildman–Crippen MR) is 51.3 cm³/mol. The van der Waals surface area contributed by atoms with E-state index in [1.54, 1.807) is 0 Å². The lowest BCUT2D eigenvalue weighted by Gasteiger charge is -2.17. The Hall–Kier alpha value is -1.03. The first-order chi connectivity index (χ1) is 7.08. The normalized spacial score (nSPS) is 16.7. The topological polar surface area (TPSA) is 12.0 Å². The van der Waals surface area contributed by atoms with Gasteiger partial charge in [0.25, 0.3) is 5.92 Å². The zero-order valence-electron chi connectivity index (χ0n) is 8.14. The Labute approximate surface area is 86.3 Å². The number of halogens is 3. The summed E-state index contributed by atoms with van der Waals surface area (Å²) in [5, 5.41) is 2.74. The summed E-state index contributed by atoms with van der Waals surface area (Å²) in [6, 6.07) is 4.82. The molecule has 1 fully saturated rings. The van der Waals surface area contributed by atoms with Gasteiger partial charge in [0.1, 0.15) is 5.82 Å². The molecule has 1 aliphatic carbocycles. The Balaban J connectivity index is 2.05. The summed E-state index contributed by atoms with van der Waals surface area (Å²) in [5.74, 6) is -3.62. The van der Waals surface area contributed by atoms with E-state index < -0.39 is 18.3 Å². The molecule has 0 aromatic heterocycles. The molecule has 0 bridgehead atoms. The van der Waals surface area contributed by atoms with E-state index >= 15 is 0 Å². The van der Waals surface area contributed by atoms with Crippen LogP contribution < -0.4 is 5.32 Å². The molecule has 0 saturated heterocycles. The molecule has 0 unspecified atom stereocenters. The van der Waals surface area contributed by atoms with Gasteiger partial charge in [0.2, 0.25) is 0 Å². The van der Waals surface area contributed by atoms with Crippen LogP contribution in [0.15, 0.2) is 24.3 Å². The van der Waals surface area contributed by atoms with Crippen LogP contribution in [0.3, 0.4) is 0 Å². The average Bonchev–Trinajstić information content (AvgIpc) is 2.98. The number of benzene rings is 1. The monoisotopic (exact) mass is 215 g/mol. The van der Waals surface area contributed by atoms with Crippen molar-refractivity contribution in [1.29, 1.82) is 0 Å². The third-order valence-corrected chi connectivity index (χ3v) is 2.44. The van der Waals surface area contributed by atoms with Crippen molar-refractivity contribution in [2.45, 2.75) is 24.8 Å². The summed E-state index contributed by atoms with van der Waals surface area (Å²) in [5.41, 5.74) is -0.268. The Morgan fingerprint density at radius 3 is 2.67 bits per heavy atom. The van der Waals surface area contributed by atoms with Crippen LogP contribution in [0.4, 0.5) is 13.2 Å². The maximum Gasteiger partial charge on any atom is 0.285 e. The minimum absolute atomic E-state index is 0.226. The van der Waals surface area contributed by atoms with Crippen molar-refractivity contribution in [3.05, 3.63) is 35.6 Å². The van der Waals surface area contributed by atoms with Crippen LogP contribution in [0, 0.1) is 5.82 Å². The smallest absolute Gasteiger partial charge is 0.285 e. The molecule has 15 heavy (non-hydrogen) atoms. The van der Waals surface area contributed by atoms with E-state index in [0.717, 1.165) is 25.0 Å². The first-order valence-electron chi connectivity index (χ1n) is 4.95. The summed E-state index contributed by atoms with van der Waals surface area (Å²) in [4.78, 5) is 0. The zero-order valence-corrected chi connectivity index (χ0v) is 8.14. The second-order valence-electron chi connectivity index (χ2n) is 3.87. The number of nitrogens with one attached hydrogen (secondary N) is 1. The first-order valence-corrected chi connectivity index (χ1v) is 4.95. The molecular formula is C11H12F3N. The van der Waals surface area contributed by atoms with E-state index in [1.165, 1.54) is 12.1 Å². The van der Waals surface area contributed by atoms with Crippen LogP contribution in [0.2, 0.25) is 0 Å². The summed E-state index contributed by atoms with van der Waals surface area (Å²) in [6.45, 7) is -0.416. The maximum absolute atomic E-state index is 13.5. The molecule has 0 radical (unpaired) electrons. The molecule has 1 aromatic carbocycles. The second kappa shape index (κ2) is 3.85. The Bertz CT molecular complexity index is 347. The van der Waals surface area contributed by atoms with E-state index in [-0.39, 0.29) is 11.6 Å². The Morgan fingerprint density at radius 1 is 1.33 bits per heavy atom. The van der Waals surface area contributed by atoms with Crippen LogP contribution in [0.25, 0.3) is 0 Å². The first kappa shape index (κ1) is 10.5. The molecule has 0 atom stereocenters. The summed E-state index contributed by atoms with van der Waals surface area (Å²) < 4.78 is 39.7. The third-order valence-electron chi connectivity index (χ3n) is 2.44. The fourth-order valence-corrected chi connectivity index (χ4v) is 1.38. The van der Waals surface area contributed by atoms with E-state index in [9.17, 15) is 13.2 Å². The number of alkyl halides is 2. The van der Waals surface area contributed by atoms with Gasteiger partial charge in [-0.05, 0) is 25.0 Å². The second-order valence-corrected chi connectivity index (χ2v) is 3.87. The van der Waals surface area contributed by atoms with Gasteiger partial charge in [-0.25, -0.2) is 4.39 Å². The van der Waals surface area contributed by atoms with Crippen molar-refractivity contribution >= 4 is 0 Å².